The molecule has 0 N–H and O–H groups in total. The van der Waals surface area contributed by atoms with Gasteiger partial charge in [-0.15, -0.1) is 0 Å². The Morgan fingerprint density at radius 1 is 0.968 bits per heavy atom. The lowest BCUT2D eigenvalue weighted by molar-refractivity contribution is 0.143. The van der Waals surface area contributed by atoms with Crippen molar-refractivity contribution < 1.29 is 17.5 Å². The minimum Gasteiger partial charge on any atom is -0.470 e. The van der Waals surface area contributed by atoms with Crippen LogP contribution in [0.25, 0.3) is 0 Å². The molecule has 0 saturated carbocycles. The summed E-state index contributed by atoms with van der Waals surface area (Å²) in [6.45, 7) is 1.74. The second-order valence-corrected chi connectivity index (χ2v) is 9.58. The molecule has 2 aromatic heterocycles. The summed E-state index contributed by atoms with van der Waals surface area (Å²) in [5.41, 5.74) is 1.62. The highest BCUT2D eigenvalue weighted by atomic mass is 32.2. The van der Waals surface area contributed by atoms with Gasteiger partial charge < -0.3 is 4.74 Å². The maximum atomic E-state index is 13.6. The number of ether oxygens (including phenoxy) is 1. The van der Waals surface area contributed by atoms with Crippen LogP contribution in [0, 0.1) is 5.82 Å². The summed E-state index contributed by atoms with van der Waals surface area (Å²) in [7, 11) is -3.84. The first kappa shape index (κ1) is 20.0. The molecule has 1 fully saturated rings. The van der Waals surface area contributed by atoms with Crippen molar-refractivity contribution in [1.82, 2.24) is 19.2 Å². The van der Waals surface area contributed by atoms with Gasteiger partial charge in [0.1, 0.15) is 16.8 Å². The molecule has 3 aromatic rings. The number of rotatable bonds is 4. The SMILES string of the molecule is O=S1(=O)c2cccnc2O[C@@H]2CN(Cc3ccc(F)cc3)C[C@@H]2N1Cc1ccccn1. The first-order valence-corrected chi connectivity index (χ1v) is 11.4. The van der Waals surface area contributed by atoms with Crippen LogP contribution in [0.5, 0.6) is 5.88 Å². The van der Waals surface area contributed by atoms with Crippen molar-refractivity contribution in [2.45, 2.75) is 30.1 Å². The monoisotopic (exact) mass is 440 g/mol. The third-order valence-corrected chi connectivity index (χ3v) is 7.52. The Kier molecular flexibility index (Phi) is 5.17. The fourth-order valence-corrected chi connectivity index (χ4v) is 5.85. The third-order valence-electron chi connectivity index (χ3n) is 5.63. The highest BCUT2D eigenvalue weighted by molar-refractivity contribution is 7.89. The zero-order valence-electron chi connectivity index (χ0n) is 16.6. The van der Waals surface area contributed by atoms with Gasteiger partial charge in [0.2, 0.25) is 15.9 Å². The van der Waals surface area contributed by atoms with Gasteiger partial charge in [0, 0.05) is 32.0 Å². The maximum Gasteiger partial charge on any atom is 0.249 e. The molecule has 0 aliphatic carbocycles. The second-order valence-electron chi connectivity index (χ2n) is 7.72. The fraction of sp³-hybridized carbons (Fsp3) is 0.273. The zero-order valence-corrected chi connectivity index (χ0v) is 17.5. The molecule has 160 valence electrons. The Morgan fingerprint density at radius 2 is 1.77 bits per heavy atom. The van der Waals surface area contributed by atoms with Gasteiger partial charge in [-0.2, -0.15) is 4.31 Å². The number of sulfonamides is 1. The van der Waals surface area contributed by atoms with Gasteiger partial charge in [-0.25, -0.2) is 17.8 Å². The van der Waals surface area contributed by atoms with Crippen LogP contribution >= 0.6 is 0 Å². The molecule has 7 nitrogen and oxygen atoms in total. The molecule has 0 spiro atoms. The number of hydrogen-bond acceptors (Lipinski definition) is 6. The molecule has 0 unspecified atom stereocenters. The van der Waals surface area contributed by atoms with E-state index in [1.54, 1.807) is 30.5 Å². The van der Waals surface area contributed by atoms with Crippen molar-refractivity contribution in [2.24, 2.45) is 0 Å². The van der Waals surface area contributed by atoms with Crippen molar-refractivity contribution in [3.8, 4) is 5.88 Å². The summed E-state index contributed by atoms with van der Waals surface area (Å²) in [6.07, 6.45) is 2.80. The van der Waals surface area contributed by atoms with Crippen LogP contribution in [0.3, 0.4) is 0 Å². The van der Waals surface area contributed by atoms with E-state index in [9.17, 15) is 12.8 Å². The smallest absolute Gasteiger partial charge is 0.249 e. The summed E-state index contributed by atoms with van der Waals surface area (Å²) in [5.74, 6) is -0.154. The first-order valence-electron chi connectivity index (χ1n) is 10.0. The van der Waals surface area contributed by atoms with Crippen LogP contribution in [0.1, 0.15) is 11.3 Å². The van der Waals surface area contributed by atoms with E-state index in [0.29, 0.717) is 25.3 Å². The highest BCUT2D eigenvalue weighted by Gasteiger charge is 2.47. The molecule has 5 rings (SSSR count). The van der Waals surface area contributed by atoms with E-state index in [0.717, 1.165) is 5.56 Å². The van der Waals surface area contributed by atoms with Crippen molar-refractivity contribution in [1.29, 1.82) is 0 Å². The Morgan fingerprint density at radius 3 is 2.55 bits per heavy atom. The number of nitrogens with zero attached hydrogens (tertiary/aromatic N) is 4. The van der Waals surface area contributed by atoms with E-state index in [1.807, 2.05) is 12.1 Å². The average molecular weight is 441 g/mol. The molecule has 2 aliphatic heterocycles. The molecule has 1 saturated heterocycles. The molecular formula is C22H21FN4O3S. The van der Waals surface area contributed by atoms with E-state index < -0.39 is 16.1 Å². The van der Waals surface area contributed by atoms with Gasteiger partial charge in [-0.3, -0.25) is 9.88 Å². The van der Waals surface area contributed by atoms with Gasteiger partial charge >= 0.3 is 0 Å². The van der Waals surface area contributed by atoms with Crippen molar-refractivity contribution in [3.63, 3.8) is 0 Å². The van der Waals surface area contributed by atoms with Crippen LogP contribution in [-0.4, -0.2) is 52.8 Å². The van der Waals surface area contributed by atoms with Gasteiger partial charge in [-0.05, 0) is 42.0 Å². The topological polar surface area (TPSA) is 75.6 Å². The number of hydrogen-bond donors (Lipinski definition) is 0. The molecule has 1 aromatic carbocycles. The van der Waals surface area contributed by atoms with Crippen LogP contribution < -0.4 is 4.74 Å². The standard InChI is InChI=1S/C22H21FN4O3S/c23-17-8-6-16(7-9-17)12-26-14-19-20(15-26)30-22-21(5-3-11-25-22)31(28,29)27(19)13-18-4-1-2-10-24-18/h1-11,19-20H,12-15H2/t19-,20+/m0/s1. The zero-order chi connectivity index (χ0) is 21.4. The lowest BCUT2D eigenvalue weighted by Gasteiger charge is -2.27. The number of halogens is 1. The summed E-state index contributed by atoms with van der Waals surface area (Å²) < 4.78 is 48.0. The number of benzene rings is 1. The van der Waals surface area contributed by atoms with E-state index in [1.165, 1.54) is 28.7 Å². The van der Waals surface area contributed by atoms with Gasteiger partial charge in [0.25, 0.3) is 0 Å². The summed E-state index contributed by atoms with van der Waals surface area (Å²) in [5, 5.41) is 0. The summed E-state index contributed by atoms with van der Waals surface area (Å²) in [6, 6.07) is 14.5. The molecule has 2 aliphatic rings. The minimum absolute atomic E-state index is 0.0745. The number of likely N-dealkylation sites (tertiary alicyclic amines) is 1. The van der Waals surface area contributed by atoms with Crippen molar-refractivity contribution >= 4 is 10.0 Å². The fourth-order valence-electron chi connectivity index (χ4n) is 4.16. The second kappa shape index (κ2) is 7.99. The predicted octanol–water partition coefficient (Wildman–Crippen LogP) is 2.45. The van der Waals surface area contributed by atoms with Crippen LogP contribution in [0.2, 0.25) is 0 Å². The molecule has 2 atom stereocenters. The van der Waals surface area contributed by atoms with Crippen LogP contribution in [0.4, 0.5) is 4.39 Å². The maximum absolute atomic E-state index is 13.6. The van der Waals surface area contributed by atoms with Gasteiger partial charge in [0.05, 0.1) is 18.3 Å². The number of aromatic nitrogens is 2. The van der Waals surface area contributed by atoms with E-state index >= 15 is 0 Å². The molecular weight excluding hydrogens is 419 g/mol. The Hall–Kier alpha value is -2.88. The third kappa shape index (κ3) is 3.91. The van der Waals surface area contributed by atoms with E-state index in [-0.39, 0.29) is 29.2 Å². The van der Waals surface area contributed by atoms with Gasteiger partial charge in [-0.1, -0.05) is 18.2 Å². The Balaban J connectivity index is 1.49. The molecule has 0 bridgehead atoms. The predicted molar refractivity (Wildman–Crippen MR) is 111 cm³/mol. The average Bonchev–Trinajstić information content (AvgIpc) is 3.12. The van der Waals surface area contributed by atoms with Crippen LogP contribution in [0.15, 0.2) is 71.9 Å². The normalized spacial score (nSPS) is 22.9. The lowest BCUT2D eigenvalue weighted by Crippen LogP contribution is -2.46. The van der Waals surface area contributed by atoms with Gasteiger partial charge in [0.15, 0.2) is 0 Å². The number of fused-ring (bicyclic) bond motifs is 2. The molecule has 0 radical (unpaired) electrons. The first-order chi connectivity index (χ1) is 15.0. The lowest BCUT2D eigenvalue weighted by atomic mass is 10.2. The summed E-state index contributed by atoms with van der Waals surface area (Å²) >= 11 is 0. The minimum atomic E-state index is -3.84. The van der Waals surface area contributed by atoms with Crippen molar-refractivity contribution in [3.05, 3.63) is 84.1 Å². The molecule has 31 heavy (non-hydrogen) atoms. The molecule has 9 heteroatoms. The number of pyridine rings is 2. The quantitative estimate of drug-likeness (QED) is 0.621. The highest BCUT2D eigenvalue weighted by Crippen LogP contribution is 2.35. The van der Waals surface area contributed by atoms with E-state index in [2.05, 4.69) is 14.9 Å². The van der Waals surface area contributed by atoms with Crippen LogP contribution in [-0.2, 0) is 23.1 Å². The van der Waals surface area contributed by atoms with E-state index in [4.69, 9.17) is 4.74 Å². The summed E-state index contributed by atoms with van der Waals surface area (Å²) in [4.78, 5) is 10.7. The molecule has 0 amide bonds. The van der Waals surface area contributed by atoms with Crippen molar-refractivity contribution in [2.75, 3.05) is 13.1 Å². The Labute approximate surface area is 180 Å². The Bertz CT molecular complexity index is 1170. The largest absolute Gasteiger partial charge is 0.470 e. The molecule has 4 heterocycles.